The highest BCUT2D eigenvalue weighted by atomic mass is 35.5. The number of rotatable bonds is 3. The third-order valence-electron chi connectivity index (χ3n) is 4.36. The molecule has 2 heterocycles. The Labute approximate surface area is 174 Å². The summed E-state index contributed by atoms with van der Waals surface area (Å²) in [5, 5.41) is 11.2. The van der Waals surface area contributed by atoms with Gasteiger partial charge in [0.05, 0.1) is 33.7 Å². The van der Waals surface area contributed by atoms with Gasteiger partial charge < -0.3 is 5.32 Å². The summed E-state index contributed by atoms with van der Waals surface area (Å²) < 4.78 is 41.3. The van der Waals surface area contributed by atoms with E-state index in [2.05, 4.69) is 15.5 Å². The van der Waals surface area contributed by atoms with Gasteiger partial charge >= 0.3 is 6.18 Å². The number of carbonyl (C=O) groups excluding carboxylic acids is 1. The summed E-state index contributed by atoms with van der Waals surface area (Å²) in [6.07, 6.45) is -3.05. The van der Waals surface area contributed by atoms with E-state index in [1.807, 2.05) is 20.8 Å². The van der Waals surface area contributed by atoms with Crippen LogP contribution < -0.4 is 10.9 Å². The zero-order valence-corrected chi connectivity index (χ0v) is 17.4. The molecule has 2 aromatic heterocycles. The molecule has 0 saturated carbocycles. The number of amides is 1. The number of benzene rings is 1. The number of fused-ring (bicyclic) bond motifs is 1. The highest BCUT2D eigenvalue weighted by molar-refractivity contribution is 6.33. The number of hydrogen-bond acceptors (Lipinski definition) is 4. The molecule has 0 unspecified atom stereocenters. The lowest BCUT2D eigenvalue weighted by atomic mass is 10.1. The van der Waals surface area contributed by atoms with Crippen molar-refractivity contribution in [1.82, 2.24) is 19.6 Å². The van der Waals surface area contributed by atoms with Crippen molar-refractivity contribution in [3.63, 3.8) is 0 Å². The molecule has 0 spiro atoms. The molecule has 3 rings (SSSR count). The molecule has 0 atom stereocenters. The van der Waals surface area contributed by atoms with Gasteiger partial charge in [0.2, 0.25) is 5.91 Å². The van der Waals surface area contributed by atoms with Crippen LogP contribution >= 0.6 is 11.6 Å². The van der Waals surface area contributed by atoms with Gasteiger partial charge in [0.25, 0.3) is 5.56 Å². The quantitative estimate of drug-likeness (QED) is 0.666. The lowest BCUT2D eigenvalue weighted by Crippen LogP contribution is -2.33. The highest BCUT2D eigenvalue weighted by Crippen LogP contribution is 2.33. The molecule has 0 aliphatic carbocycles. The van der Waals surface area contributed by atoms with Gasteiger partial charge in [-0.15, -0.1) is 0 Å². The van der Waals surface area contributed by atoms with Crippen molar-refractivity contribution in [1.29, 1.82) is 0 Å². The van der Waals surface area contributed by atoms with E-state index < -0.39 is 35.3 Å². The van der Waals surface area contributed by atoms with Crippen LogP contribution in [0.3, 0.4) is 0 Å². The van der Waals surface area contributed by atoms with Crippen molar-refractivity contribution < 1.29 is 18.0 Å². The fourth-order valence-corrected chi connectivity index (χ4v) is 3.13. The first kappa shape index (κ1) is 21.8. The number of anilines is 1. The molecule has 1 N–H and O–H groups in total. The second-order valence-corrected chi connectivity index (χ2v) is 8.19. The van der Waals surface area contributed by atoms with Crippen LogP contribution in [0.15, 0.2) is 29.2 Å². The molecule has 0 aliphatic rings. The maximum Gasteiger partial charge on any atom is 0.416 e. The second-order valence-electron chi connectivity index (χ2n) is 7.78. The molecule has 1 aromatic carbocycles. The predicted octanol–water partition coefficient (Wildman–Crippen LogP) is 3.97. The average Bonchev–Trinajstić information content (AvgIpc) is 3.06. The van der Waals surface area contributed by atoms with Crippen LogP contribution in [-0.2, 0) is 23.1 Å². The molecule has 3 aromatic rings. The third kappa shape index (κ3) is 4.18. The topological polar surface area (TPSA) is 81.8 Å². The number of aromatic nitrogens is 4. The van der Waals surface area contributed by atoms with E-state index in [4.69, 9.17) is 11.6 Å². The summed E-state index contributed by atoms with van der Waals surface area (Å²) in [6.45, 7) is 6.80. The van der Waals surface area contributed by atoms with Crippen molar-refractivity contribution in [3.05, 3.63) is 51.0 Å². The van der Waals surface area contributed by atoms with Crippen LogP contribution in [-0.4, -0.2) is 25.5 Å². The Bertz CT molecular complexity index is 1190. The van der Waals surface area contributed by atoms with Gasteiger partial charge in [-0.3, -0.25) is 14.3 Å². The van der Waals surface area contributed by atoms with E-state index in [0.717, 1.165) is 22.9 Å². The number of halogens is 4. The van der Waals surface area contributed by atoms with E-state index in [9.17, 15) is 22.8 Å². The molecule has 0 aliphatic heterocycles. The minimum absolute atomic E-state index is 0.0610. The highest BCUT2D eigenvalue weighted by Gasteiger charge is 2.31. The van der Waals surface area contributed by atoms with Crippen LogP contribution in [0.2, 0.25) is 5.02 Å². The molecule has 0 radical (unpaired) electrons. The Morgan fingerprint density at radius 1 is 1.23 bits per heavy atom. The van der Waals surface area contributed by atoms with Gasteiger partial charge in [0, 0.05) is 5.39 Å². The Balaban J connectivity index is 1.95. The molecule has 160 valence electrons. The first-order chi connectivity index (χ1) is 13.8. The zero-order chi connectivity index (χ0) is 22.4. The van der Waals surface area contributed by atoms with Crippen molar-refractivity contribution in [2.24, 2.45) is 0 Å². The monoisotopic (exact) mass is 441 g/mol. The lowest BCUT2D eigenvalue weighted by molar-refractivity contribution is -0.137. The lowest BCUT2D eigenvalue weighted by Gasteiger charge is -2.20. The average molecular weight is 442 g/mol. The Hall–Kier alpha value is -2.88. The van der Waals surface area contributed by atoms with Crippen molar-refractivity contribution in [2.45, 2.75) is 46.0 Å². The van der Waals surface area contributed by atoms with Crippen LogP contribution in [0.4, 0.5) is 18.9 Å². The van der Waals surface area contributed by atoms with Gasteiger partial charge in [-0.2, -0.15) is 23.4 Å². The van der Waals surface area contributed by atoms with Crippen molar-refractivity contribution in [3.8, 4) is 0 Å². The van der Waals surface area contributed by atoms with Gasteiger partial charge in [0.1, 0.15) is 12.1 Å². The van der Waals surface area contributed by atoms with E-state index in [0.29, 0.717) is 16.6 Å². The van der Waals surface area contributed by atoms with Gasteiger partial charge in [-0.25, -0.2) is 4.68 Å². The Kier molecular flexibility index (Phi) is 5.40. The van der Waals surface area contributed by atoms with Crippen LogP contribution in [0, 0.1) is 6.92 Å². The SMILES string of the molecule is Cc1nn(CC(=O)Nc2cc(C(F)(F)F)ccc2Cl)c(=O)c2c1cnn2C(C)(C)C. The number of aryl methyl sites for hydroxylation is 1. The van der Waals surface area contributed by atoms with Crippen LogP contribution in [0.25, 0.3) is 10.9 Å². The molecule has 0 fully saturated rings. The summed E-state index contributed by atoms with van der Waals surface area (Å²) in [6, 6.07) is 2.59. The second kappa shape index (κ2) is 7.42. The Morgan fingerprint density at radius 3 is 2.50 bits per heavy atom. The van der Waals surface area contributed by atoms with E-state index >= 15 is 0 Å². The maximum absolute atomic E-state index is 12.9. The summed E-state index contributed by atoms with van der Waals surface area (Å²) in [4.78, 5) is 25.4. The summed E-state index contributed by atoms with van der Waals surface area (Å²) in [7, 11) is 0. The summed E-state index contributed by atoms with van der Waals surface area (Å²) in [5.41, 5.74) is -1.40. The minimum atomic E-state index is -4.59. The van der Waals surface area contributed by atoms with Gasteiger partial charge in [0.15, 0.2) is 0 Å². The standard InChI is InChI=1S/C19H19ClF3N5O2/c1-10-12-8-24-28(18(2,3)4)16(12)17(30)27(26-10)9-15(29)25-14-7-11(19(21,22)23)5-6-13(14)20/h5-8H,9H2,1-4H3,(H,25,29). The molecule has 0 bridgehead atoms. The Morgan fingerprint density at radius 2 is 1.90 bits per heavy atom. The summed E-state index contributed by atoms with van der Waals surface area (Å²) >= 11 is 5.91. The number of hydrogen-bond donors (Lipinski definition) is 1. The van der Waals surface area contributed by atoms with Crippen molar-refractivity contribution in [2.75, 3.05) is 5.32 Å². The molecular formula is C19H19ClF3N5O2. The number of nitrogens with one attached hydrogen (secondary N) is 1. The normalized spacial score (nSPS) is 12.4. The molecule has 0 saturated heterocycles. The number of carbonyl (C=O) groups is 1. The fourth-order valence-electron chi connectivity index (χ4n) is 2.96. The van der Waals surface area contributed by atoms with Gasteiger partial charge in [-0.1, -0.05) is 11.6 Å². The van der Waals surface area contributed by atoms with E-state index in [1.54, 1.807) is 11.6 Å². The number of nitrogens with zero attached hydrogens (tertiary/aromatic N) is 4. The molecule has 7 nitrogen and oxygen atoms in total. The summed E-state index contributed by atoms with van der Waals surface area (Å²) in [5.74, 6) is -0.744. The smallest absolute Gasteiger partial charge is 0.323 e. The van der Waals surface area contributed by atoms with E-state index in [1.165, 1.54) is 6.20 Å². The number of alkyl halides is 3. The van der Waals surface area contributed by atoms with Gasteiger partial charge in [-0.05, 0) is 45.9 Å². The fraction of sp³-hybridized carbons (Fsp3) is 0.368. The largest absolute Gasteiger partial charge is 0.416 e. The molecule has 11 heteroatoms. The van der Waals surface area contributed by atoms with Crippen LogP contribution in [0.5, 0.6) is 0 Å². The van der Waals surface area contributed by atoms with Crippen LogP contribution in [0.1, 0.15) is 32.0 Å². The van der Waals surface area contributed by atoms with E-state index in [-0.39, 0.29) is 10.7 Å². The third-order valence-corrected chi connectivity index (χ3v) is 4.69. The maximum atomic E-state index is 12.9. The first-order valence-electron chi connectivity index (χ1n) is 8.91. The predicted molar refractivity (Wildman–Crippen MR) is 107 cm³/mol. The molecule has 30 heavy (non-hydrogen) atoms. The molecular weight excluding hydrogens is 423 g/mol. The first-order valence-corrected chi connectivity index (χ1v) is 9.29. The van der Waals surface area contributed by atoms with Crippen molar-refractivity contribution >= 4 is 34.1 Å². The zero-order valence-electron chi connectivity index (χ0n) is 16.6. The molecule has 1 amide bonds. The minimum Gasteiger partial charge on any atom is -0.323 e.